The third kappa shape index (κ3) is 4.85. The maximum absolute atomic E-state index is 13.0. The summed E-state index contributed by atoms with van der Waals surface area (Å²) >= 11 is 0. The van der Waals surface area contributed by atoms with E-state index in [4.69, 9.17) is 4.74 Å². The van der Waals surface area contributed by atoms with Crippen LogP contribution >= 0.6 is 0 Å². The highest BCUT2D eigenvalue weighted by Gasteiger charge is 2.24. The number of amides is 1. The lowest BCUT2D eigenvalue weighted by Gasteiger charge is -2.32. The summed E-state index contributed by atoms with van der Waals surface area (Å²) in [5, 5.41) is 3.42. The lowest BCUT2D eigenvalue weighted by molar-refractivity contribution is 0.0687. The van der Waals surface area contributed by atoms with Gasteiger partial charge in [0.1, 0.15) is 12.4 Å². The summed E-state index contributed by atoms with van der Waals surface area (Å²) in [5.41, 5.74) is 1.70. The fraction of sp³-hybridized carbons (Fsp3) is 0.409. The molecule has 1 N–H and O–H groups in total. The zero-order chi connectivity index (χ0) is 18.2. The number of likely N-dealkylation sites (tertiary alicyclic amines) is 1. The summed E-state index contributed by atoms with van der Waals surface area (Å²) in [5.74, 6) is 1.62. The standard InChI is InChI=1S/C22H28N2O2/c1-2-23-16-18-12-14-24(15-13-18)22(25)21-11-7-6-8-19(21)17-26-20-9-4-3-5-10-20/h3-11,18,23H,2,12-17H2,1H3. The fourth-order valence-electron chi connectivity index (χ4n) is 3.39. The first kappa shape index (κ1) is 18.5. The zero-order valence-corrected chi connectivity index (χ0v) is 15.5. The van der Waals surface area contributed by atoms with Gasteiger partial charge in [0.2, 0.25) is 0 Å². The zero-order valence-electron chi connectivity index (χ0n) is 15.5. The third-order valence-corrected chi connectivity index (χ3v) is 4.97. The summed E-state index contributed by atoms with van der Waals surface area (Å²) < 4.78 is 5.85. The summed E-state index contributed by atoms with van der Waals surface area (Å²) in [7, 11) is 0. The van der Waals surface area contributed by atoms with Crippen molar-refractivity contribution in [3.05, 3.63) is 65.7 Å². The monoisotopic (exact) mass is 352 g/mol. The van der Waals surface area contributed by atoms with Gasteiger partial charge < -0.3 is 15.0 Å². The van der Waals surface area contributed by atoms with Gasteiger partial charge in [-0.15, -0.1) is 0 Å². The van der Waals surface area contributed by atoms with Crippen LogP contribution in [0.15, 0.2) is 54.6 Å². The summed E-state index contributed by atoms with van der Waals surface area (Å²) in [6, 6.07) is 17.5. The summed E-state index contributed by atoms with van der Waals surface area (Å²) in [6.45, 7) is 6.27. The number of para-hydroxylation sites is 1. The van der Waals surface area contributed by atoms with Crippen molar-refractivity contribution in [2.45, 2.75) is 26.4 Å². The van der Waals surface area contributed by atoms with Crippen molar-refractivity contribution in [3.8, 4) is 5.75 Å². The van der Waals surface area contributed by atoms with Crippen molar-refractivity contribution in [2.24, 2.45) is 5.92 Å². The largest absolute Gasteiger partial charge is 0.489 e. The first-order valence-corrected chi connectivity index (χ1v) is 9.53. The van der Waals surface area contributed by atoms with E-state index in [0.717, 1.165) is 55.9 Å². The Bertz CT molecular complexity index is 694. The van der Waals surface area contributed by atoms with Crippen LogP contribution in [0.25, 0.3) is 0 Å². The molecular weight excluding hydrogens is 324 g/mol. The van der Waals surface area contributed by atoms with E-state index in [-0.39, 0.29) is 5.91 Å². The average Bonchev–Trinajstić information content (AvgIpc) is 2.71. The van der Waals surface area contributed by atoms with Crippen molar-refractivity contribution >= 4 is 5.91 Å². The van der Waals surface area contributed by atoms with Gasteiger partial charge in [-0.3, -0.25) is 4.79 Å². The molecule has 4 nitrogen and oxygen atoms in total. The third-order valence-electron chi connectivity index (χ3n) is 4.97. The van der Waals surface area contributed by atoms with Crippen LogP contribution in [0, 0.1) is 5.92 Å². The number of nitrogens with one attached hydrogen (secondary N) is 1. The minimum Gasteiger partial charge on any atom is -0.489 e. The lowest BCUT2D eigenvalue weighted by Crippen LogP contribution is -2.41. The molecule has 1 amide bonds. The van der Waals surface area contributed by atoms with Crippen LogP contribution < -0.4 is 10.1 Å². The van der Waals surface area contributed by atoms with Gasteiger partial charge in [0.15, 0.2) is 0 Å². The van der Waals surface area contributed by atoms with Crippen LogP contribution in [-0.4, -0.2) is 37.0 Å². The van der Waals surface area contributed by atoms with E-state index in [2.05, 4.69) is 12.2 Å². The molecule has 26 heavy (non-hydrogen) atoms. The van der Waals surface area contributed by atoms with Gasteiger partial charge in [-0.05, 0) is 50.0 Å². The number of carbonyl (C=O) groups is 1. The lowest BCUT2D eigenvalue weighted by atomic mass is 9.95. The molecule has 1 saturated heterocycles. The number of piperidine rings is 1. The second kappa shape index (κ2) is 9.39. The molecule has 4 heteroatoms. The summed E-state index contributed by atoms with van der Waals surface area (Å²) in [4.78, 5) is 15.0. The van der Waals surface area contributed by atoms with Crippen LogP contribution in [0.4, 0.5) is 0 Å². The Labute approximate surface area is 156 Å². The molecule has 2 aromatic rings. The fourth-order valence-corrected chi connectivity index (χ4v) is 3.39. The molecule has 0 atom stereocenters. The van der Waals surface area contributed by atoms with Gasteiger partial charge in [0, 0.05) is 24.2 Å². The van der Waals surface area contributed by atoms with Crippen molar-refractivity contribution in [1.82, 2.24) is 10.2 Å². The van der Waals surface area contributed by atoms with Crippen LogP contribution in [0.2, 0.25) is 0 Å². The maximum atomic E-state index is 13.0. The number of hydrogen-bond acceptors (Lipinski definition) is 3. The number of hydrogen-bond donors (Lipinski definition) is 1. The normalized spacial score (nSPS) is 15.0. The maximum Gasteiger partial charge on any atom is 0.254 e. The van der Waals surface area contributed by atoms with E-state index in [0.29, 0.717) is 12.5 Å². The van der Waals surface area contributed by atoms with Gasteiger partial charge >= 0.3 is 0 Å². The summed E-state index contributed by atoms with van der Waals surface area (Å²) in [6.07, 6.45) is 2.14. The van der Waals surface area contributed by atoms with Gasteiger partial charge in [-0.1, -0.05) is 43.3 Å². The number of rotatable bonds is 7. The molecule has 1 aliphatic heterocycles. The predicted molar refractivity (Wildman–Crippen MR) is 104 cm³/mol. The topological polar surface area (TPSA) is 41.6 Å². The molecule has 0 unspecified atom stereocenters. The number of benzene rings is 2. The quantitative estimate of drug-likeness (QED) is 0.826. The molecule has 0 bridgehead atoms. The highest BCUT2D eigenvalue weighted by atomic mass is 16.5. The molecule has 1 aliphatic rings. The molecule has 0 radical (unpaired) electrons. The molecule has 138 valence electrons. The number of nitrogens with zero attached hydrogens (tertiary/aromatic N) is 1. The van der Waals surface area contributed by atoms with Gasteiger partial charge in [0.05, 0.1) is 0 Å². The number of ether oxygens (including phenoxy) is 1. The first-order chi connectivity index (χ1) is 12.8. The Morgan fingerprint density at radius 2 is 1.77 bits per heavy atom. The Balaban J connectivity index is 1.61. The van der Waals surface area contributed by atoms with Crippen LogP contribution in [0.5, 0.6) is 5.75 Å². The Morgan fingerprint density at radius 1 is 1.08 bits per heavy atom. The van der Waals surface area contributed by atoms with Crippen molar-refractivity contribution in [2.75, 3.05) is 26.2 Å². The molecule has 0 spiro atoms. The average molecular weight is 352 g/mol. The Kier molecular flexibility index (Phi) is 6.67. The molecule has 0 saturated carbocycles. The molecule has 0 aliphatic carbocycles. The minimum absolute atomic E-state index is 0.124. The highest BCUT2D eigenvalue weighted by molar-refractivity contribution is 5.95. The second-order valence-corrected chi connectivity index (χ2v) is 6.80. The van der Waals surface area contributed by atoms with Crippen LogP contribution in [0.3, 0.4) is 0 Å². The van der Waals surface area contributed by atoms with E-state index < -0.39 is 0 Å². The number of carbonyl (C=O) groups excluding carboxylic acids is 1. The smallest absolute Gasteiger partial charge is 0.254 e. The molecule has 3 rings (SSSR count). The van der Waals surface area contributed by atoms with Crippen LogP contribution in [-0.2, 0) is 6.61 Å². The van der Waals surface area contributed by atoms with E-state index >= 15 is 0 Å². The van der Waals surface area contributed by atoms with E-state index in [1.807, 2.05) is 59.5 Å². The SMILES string of the molecule is CCNCC1CCN(C(=O)c2ccccc2COc2ccccc2)CC1. The van der Waals surface area contributed by atoms with Crippen molar-refractivity contribution in [1.29, 1.82) is 0 Å². The Morgan fingerprint density at radius 3 is 2.50 bits per heavy atom. The first-order valence-electron chi connectivity index (χ1n) is 9.53. The Hall–Kier alpha value is -2.33. The van der Waals surface area contributed by atoms with Gasteiger partial charge in [-0.2, -0.15) is 0 Å². The molecular formula is C22H28N2O2. The molecule has 2 aromatic carbocycles. The predicted octanol–water partition coefficient (Wildman–Crippen LogP) is 3.73. The second-order valence-electron chi connectivity index (χ2n) is 6.80. The van der Waals surface area contributed by atoms with E-state index in [1.165, 1.54) is 0 Å². The van der Waals surface area contributed by atoms with Gasteiger partial charge in [-0.25, -0.2) is 0 Å². The van der Waals surface area contributed by atoms with E-state index in [9.17, 15) is 4.79 Å². The van der Waals surface area contributed by atoms with E-state index in [1.54, 1.807) is 0 Å². The molecule has 0 aromatic heterocycles. The molecule has 1 fully saturated rings. The highest BCUT2D eigenvalue weighted by Crippen LogP contribution is 2.21. The van der Waals surface area contributed by atoms with Crippen LogP contribution in [0.1, 0.15) is 35.7 Å². The van der Waals surface area contributed by atoms with Crippen molar-refractivity contribution < 1.29 is 9.53 Å². The molecule has 1 heterocycles. The minimum atomic E-state index is 0.124. The van der Waals surface area contributed by atoms with Gasteiger partial charge in [0.25, 0.3) is 5.91 Å². The van der Waals surface area contributed by atoms with Crippen molar-refractivity contribution in [3.63, 3.8) is 0 Å².